The molecular formula is C15H16ClN3O. The van der Waals surface area contributed by atoms with Gasteiger partial charge in [0.25, 0.3) is 0 Å². The van der Waals surface area contributed by atoms with Crippen LogP contribution in [0.5, 0.6) is 0 Å². The third kappa shape index (κ3) is 2.01. The molecule has 0 fully saturated rings. The number of hydrogen-bond donors (Lipinski definition) is 1. The normalized spacial score (nSPS) is 13.1. The van der Waals surface area contributed by atoms with Crippen molar-refractivity contribution in [3.05, 3.63) is 52.0 Å². The molecule has 0 aliphatic heterocycles. The fraction of sp³-hybridized carbons (Fsp3) is 0.267. The number of nitrogens with zero attached hydrogens (tertiary/aromatic N) is 2. The van der Waals surface area contributed by atoms with Gasteiger partial charge in [-0.2, -0.15) is 5.10 Å². The minimum atomic E-state index is -0.324. The Hall–Kier alpha value is -1.78. The highest BCUT2D eigenvalue weighted by atomic mass is 35.5. The number of fused-ring (bicyclic) bond motifs is 1. The standard InChI is InChI=1S/C15H16ClN3O/c1-8-14(9(2)19(3)18-8)15(17)13-7-10-6-11(16)4-5-12(10)20-13/h4-7,15H,17H2,1-3H3. The van der Waals surface area contributed by atoms with Crippen LogP contribution < -0.4 is 5.73 Å². The van der Waals surface area contributed by atoms with Crippen LogP contribution in [0.25, 0.3) is 11.0 Å². The summed E-state index contributed by atoms with van der Waals surface area (Å²) >= 11 is 5.99. The molecule has 104 valence electrons. The molecular weight excluding hydrogens is 274 g/mol. The van der Waals surface area contributed by atoms with E-state index in [0.29, 0.717) is 5.02 Å². The molecule has 0 amide bonds. The number of halogens is 1. The van der Waals surface area contributed by atoms with Gasteiger partial charge in [-0.1, -0.05) is 11.6 Å². The molecule has 2 aromatic heterocycles. The van der Waals surface area contributed by atoms with Gasteiger partial charge in [0.2, 0.25) is 0 Å². The maximum atomic E-state index is 6.35. The largest absolute Gasteiger partial charge is 0.459 e. The SMILES string of the molecule is Cc1nn(C)c(C)c1C(N)c1cc2cc(Cl)ccc2o1. The quantitative estimate of drug-likeness (QED) is 0.786. The van der Waals surface area contributed by atoms with E-state index in [1.165, 1.54) is 0 Å². The third-order valence-corrected chi connectivity index (χ3v) is 3.92. The van der Waals surface area contributed by atoms with E-state index >= 15 is 0 Å². The van der Waals surface area contributed by atoms with E-state index < -0.39 is 0 Å². The van der Waals surface area contributed by atoms with Crippen LogP contribution in [0.2, 0.25) is 5.02 Å². The maximum Gasteiger partial charge on any atom is 0.134 e. The van der Waals surface area contributed by atoms with Crippen molar-refractivity contribution in [1.29, 1.82) is 0 Å². The van der Waals surface area contributed by atoms with E-state index in [-0.39, 0.29) is 6.04 Å². The first kappa shape index (κ1) is 13.2. The summed E-state index contributed by atoms with van der Waals surface area (Å²) in [6.07, 6.45) is 0. The van der Waals surface area contributed by atoms with Gasteiger partial charge >= 0.3 is 0 Å². The molecule has 0 saturated heterocycles. The van der Waals surface area contributed by atoms with E-state index in [1.54, 1.807) is 0 Å². The average Bonchev–Trinajstić information content (AvgIpc) is 2.91. The number of benzene rings is 1. The van der Waals surface area contributed by atoms with Gasteiger partial charge in [0.05, 0.1) is 11.7 Å². The van der Waals surface area contributed by atoms with Crippen LogP contribution in [0.4, 0.5) is 0 Å². The van der Waals surface area contributed by atoms with Gasteiger partial charge in [0.15, 0.2) is 0 Å². The molecule has 1 atom stereocenters. The molecule has 1 unspecified atom stereocenters. The van der Waals surface area contributed by atoms with E-state index in [9.17, 15) is 0 Å². The van der Waals surface area contributed by atoms with Gasteiger partial charge in [-0.05, 0) is 38.1 Å². The van der Waals surface area contributed by atoms with E-state index in [1.807, 2.05) is 49.8 Å². The van der Waals surface area contributed by atoms with Gasteiger partial charge in [-0.3, -0.25) is 4.68 Å². The summed E-state index contributed by atoms with van der Waals surface area (Å²) < 4.78 is 7.68. The molecule has 3 aromatic rings. The summed E-state index contributed by atoms with van der Waals surface area (Å²) in [7, 11) is 1.91. The lowest BCUT2D eigenvalue weighted by Gasteiger charge is -2.09. The van der Waals surface area contributed by atoms with Gasteiger partial charge in [0, 0.05) is 28.7 Å². The fourth-order valence-electron chi connectivity index (χ4n) is 2.57. The number of nitrogens with two attached hydrogens (primary N) is 1. The molecule has 2 heterocycles. The molecule has 3 rings (SSSR count). The number of aromatic nitrogens is 2. The second-order valence-electron chi connectivity index (χ2n) is 5.02. The summed E-state index contributed by atoms with van der Waals surface area (Å²) in [5.74, 6) is 0.724. The van der Waals surface area contributed by atoms with Crippen LogP contribution in [0, 0.1) is 13.8 Å². The van der Waals surface area contributed by atoms with Crippen LogP contribution in [0.15, 0.2) is 28.7 Å². The minimum Gasteiger partial charge on any atom is -0.459 e. The Bertz CT molecular complexity index is 788. The highest BCUT2D eigenvalue weighted by molar-refractivity contribution is 6.31. The number of aryl methyl sites for hydroxylation is 2. The van der Waals surface area contributed by atoms with Gasteiger partial charge in [0.1, 0.15) is 11.3 Å². The molecule has 0 aliphatic rings. The molecule has 0 spiro atoms. The van der Waals surface area contributed by atoms with Crippen molar-refractivity contribution in [3.8, 4) is 0 Å². The Balaban J connectivity index is 2.10. The Morgan fingerprint density at radius 3 is 2.70 bits per heavy atom. The summed E-state index contributed by atoms with van der Waals surface area (Å²) in [4.78, 5) is 0. The Morgan fingerprint density at radius 2 is 2.05 bits per heavy atom. The van der Waals surface area contributed by atoms with Gasteiger partial charge < -0.3 is 10.2 Å². The van der Waals surface area contributed by atoms with Gasteiger partial charge in [-0.25, -0.2) is 0 Å². The lowest BCUT2D eigenvalue weighted by Crippen LogP contribution is -2.13. The maximum absolute atomic E-state index is 6.35. The molecule has 1 aromatic carbocycles. The zero-order valence-electron chi connectivity index (χ0n) is 11.6. The molecule has 0 aliphatic carbocycles. The smallest absolute Gasteiger partial charge is 0.134 e. The molecule has 0 bridgehead atoms. The molecule has 20 heavy (non-hydrogen) atoms. The Morgan fingerprint density at radius 1 is 1.30 bits per heavy atom. The number of furan rings is 1. The Kier molecular flexibility index (Phi) is 3.07. The van der Waals surface area contributed by atoms with Crippen molar-refractivity contribution in [3.63, 3.8) is 0 Å². The predicted molar refractivity (Wildman–Crippen MR) is 79.9 cm³/mol. The molecule has 0 saturated carbocycles. The average molecular weight is 290 g/mol. The van der Waals surface area contributed by atoms with Crippen LogP contribution in [-0.4, -0.2) is 9.78 Å². The number of rotatable bonds is 2. The van der Waals surface area contributed by atoms with Crippen molar-refractivity contribution in [2.75, 3.05) is 0 Å². The van der Waals surface area contributed by atoms with Crippen LogP contribution in [0.1, 0.15) is 28.8 Å². The first-order chi connectivity index (χ1) is 9.47. The topological polar surface area (TPSA) is 57.0 Å². The van der Waals surface area contributed by atoms with Crippen molar-refractivity contribution in [2.45, 2.75) is 19.9 Å². The second kappa shape index (κ2) is 4.65. The van der Waals surface area contributed by atoms with Crippen molar-refractivity contribution in [1.82, 2.24) is 9.78 Å². The Labute approximate surface area is 122 Å². The molecule has 5 heteroatoms. The zero-order valence-corrected chi connectivity index (χ0v) is 12.4. The van der Waals surface area contributed by atoms with E-state index in [0.717, 1.165) is 33.7 Å². The predicted octanol–water partition coefficient (Wildman–Crippen LogP) is 3.48. The van der Waals surface area contributed by atoms with E-state index in [4.69, 9.17) is 21.8 Å². The highest BCUT2D eigenvalue weighted by Crippen LogP contribution is 2.30. The summed E-state index contributed by atoms with van der Waals surface area (Å²) in [6, 6.07) is 7.16. The lowest BCUT2D eigenvalue weighted by atomic mass is 10.0. The third-order valence-electron chi connectivity index (χ3n) is 3.68. The monoisotopic (exact) mass is 289 g/mol. The minimum absolute atomic E-state index is 0.324. The fourth-order valence-corrected chi connectivity index (χ4v) is 2.75. The van der Waals surface area contributed by atoms with Crippen molar-refractivity contribution < 1.29 is 4.42 Å². The highest BCUT2D eigenvalue weighted by Gasteiger charge is 2.21. The van der Waals surface area contributed by atoms with Crippen LogP contribution >= 0.6 is 11.6 Å². The first-order valence-corrected chi connectivity index (χ1v) is 6.80. The molecule has 2 N–H and O–H groups in total. The second-order valence-corrected chi connectivity index (χ2v) is 5.45. The van der Waals surface area contributed by atoms with Crippen LogP contribution in [0.3, 0.4) is 0 Å². The molecule has 0 radical (unpaired) electrons. The van der Waals surface area contributed by atoms with Crippen molar-refractivity contribution >= 4 is 22.6 Å². The van der Waals surface area contributed by atoms with Crippen molar-refractivity contribution in [2.24, 2.45) is 12.8 Å². The summed E-state index contributed by atoms with van der Waals surface area (Å²) in [5.41, 5.74) is 10.1. The number of hydrogen-bond acceptors (Lipinski definition) is 3. The molecule has 4 nitrogen and oxygen atoms in total. The lowest BCUT2D eigenvalue weighted by molar-refractivity contribution is 0.523. The summed E-state index contributed by atoms with van der Waals surface area (Å²) in [6.45, 7) is 3.97. The van der Waals surface area contributed by atoms with Gasteiger partial charge in [-0.15, -0.1) is 0 Å². The summed E-state index contributed by atoms with van der Waals surface area (Å²) in [5, 5.41) is 6.05. The van der Waals surface area contributed by atoms with E-state index in [2.05, 4.69) is 5.10 Å². The van der Waals surface area contributed by atoms with Crippen LogP contribution in [-0.2, 0) is 7.05 Å². The first-order valence-electron chi connectivity index (χ1n) is 6.42. The zero-order chi connectivity index (χ0) is 14.4.